The van der Waals surface area contributed by atoms with Crippen LogP contribution in [0.4, 0.5) is 5.95 Å². The molecule has 1 fully saturated rings. The van der Waals surface area contributed by atoms with Crippen LogP contribution in [0.15, 0.2) is 0 Å². The average molecular weight is 324 g/mol. The molecule has 3 rings (SSSR count). The summed E-state index contributed by atoms with van der Waals surface area (Å²) >= 11 is 0. The normalized spacial score (nSPS) is 20.2. The maximum absolute atomic E-state index is 9.75. The van der Waals surface area contributed by atoms with E-state index in [1.165, 1.54) is 0 Å². The molecule has 1 saturated heterocycles. The first-order valence-electron chi connectivity index (χ1n) is 8.14. The molecule has 0 spiro atoms. The van der Waals surface area contributed by atoms with Crippen LogP contribution in [0.5, 0.6) is 5.88 Å². The van der Waals surface area contributed by atoms with Crippen molar-refractivity contribution in [3.8, 4) is 5.88 Å². The summed E-state index contributed by atoms with van der Waals surface area (Å²) < 4.78 is 5.65. The Morgan fingerprint density at radius 3 is 2.65 bits per heavy atom. The zero-order valence-corrected chi connectivity index (χ0v) is 13.1. The summed E-state index contributed by atoms with van der Waals surface area (Å²) in [4.78, 5) is 11.3. The molecule has 4 N–H and O–H groups in total. The van der Waals surface area contributed by atoms with Crippen LogP contribution >= 0.6 is 0 Å². The second kappa shape index (κ2) is 7.39. The molecule has 23 heavy (non-hydrogen) atoms. The van der Waals surface area contributed by atoms with Gasteiger partial charge in [0.15, 0.2) is 0 Å². The Balaban J connectivity index is 1.76. The summed E-state index contributed by atoms with van der Waals surface area (Å²) in [5.41, 5.74) is 2.01. The summed E-state index contributed by atoms with van der Waals surface area (Å²) in [6, 6.07) is 0. The molecule has 1 aromatic heterocycles. The third kappa shape index (κ3) is 3.72. The SMILES string of the molecule is OCC(O)C(O)COc1nc(N2CCNCC2)nc2c1CCC2. The van der Waals surface area contributed by atoms with Crippen molar-refractivity contribution in [2.45, 2.75) is 31.5 Å². The first-order valence-corrected chi connectivity index (χ1v) is 8.14. The molecule has 0 amide bonds. The van der Waals surface area contributed by atoms with Crippen LogP contribution in [0.25, 0.3) is 0 Å². The number of aliphatic hydroxyl groups excluding tert-OH is 3. The van der Waals surface area contributed by atoms with Gasteiger partial charge in [0, 0.05) is 31.7 Å². The quantitative estimate of drug-likeness (QED) is 0.499. The van der Waals surface area contributed by atoms with Crippen LogP contribution in [0.2, 0.25) is 0 Å². The summed E-state index contributed by atoms with van der Waals surface area (Å²) in [7, 11) is 0. The molecule has 1 aliphatic carbocycles. The maximum atomic E-state index is 9.75. The molecule has 0 saturated carbocycles. The van der Waals surface area contributed by atoms with E-state index in [9.17, 15) is 10.2 Å². The van der Waals surface area contributed by atoms with E-state index >= 15 is 0 Å². The number of nitrogens with one attached hydrogen (secondary N) is 1. The lowest BCUT2D eigenvalue weighted by molar-refractivity contribution is -0.0347. The standard InChI is InChI=1S/C15H24N4O4/c20-8-12(21)13(22)9-23-14-10-2-1-3-11(10)17-15(18-14)19-6-4-16-5-7-19/h12-13,16,20-22H,1-9H2. The molecule has 8 heteroatoms. The van der Waals surface area contributed by atoms with E-state index in [0.717, 1.165) is 56.7 Å². The highest BCUT2D eigenvalue weighted by atomic mass is 16.5. The van der Waals surface area contributed by atoms with Crippen molar-refractivity contribution in [1.82, 2.24) is 15.3 Å². The molecular formula is C15H24N4O4. The van der Waals surface area contributed by atoms with Crippen LogP contribution in [0.3, 0.4) is 0 Å². The molecule has 0 aromatic carbocycles. The zero-order chi connectivity index (χ0) is 16.2. The lowest BCUT2D eigenvalue weighted by Crippen LogP contribution is -2.44. The van der Waals surface area contributed by atoms with E-state index in [2.05, 4.69) is 20.2 Å². The number of nitrogens with zero attached hydrogens (tertiary/aromatic N) is 3. The van der Waals surface area contributed by atoms with Gasteiger partial charge in [-0.25, -0.2) is 4.98 Å². The lowest BCUT2D eigenvalue weighted by atomic mass is 10.2. The number of piperazine rings is 1. The number of aliphatic hydroxyl groups is 3. The number of fused-ring (bicyclic) bond motifs is 1. The van der Waals surface area contributed by atoms with Crippen LogP contribution < -0.4 is 15.0 Å². The van der Waals surface area contributed by atoms with E-state index in [-0.39, 0.29) is 6.61 Å². The number of ether oxygens (including phenoxy) is 1. The largest absolute Gasteiger partial charge is 0.474 e. The molecule has 1 aliphatic heterocycles. The van der Waals surface area contributed by atoms with Crippen molar-refractivity contribution in [3.05, 3.63) is 11.3 Å². The van der Waals surface area contributed by atoms with Gasteiger partial charge >= 0.3 is 0 Å². The number of aryl methyl sites for hydroxylation is 1. The maximum Gasteiger partial charge on any atom is 0.228 e. The molecule has 128 valence electrons. The molecule has 1 aromatic rings. The second-order valence-corrected chi connectivity index (χ2v) is 5.97. The molecule has 2 atom stereocenters. The minimum Gasteiger partial charge on any atom is -0.474 e. The number of hydrogen-bond donors (Lipinski definition) is 4. The highest BCUT2D eigenvalue weighted by Crippen LogP contribution is 2.30. The lowest BCUT2D eigenvalue weighted by Gasteiger charge is -2.28. The van der Waals surface area contributed by atoms with Crippen LogP contribution in [-0.2, 0) is 12.8 Å². The van der Waals surface area contributed by atoms with E-state index in [1.807, 2.05) is 0 Å². The van der Waals surface area contributed by atoms with Gasteiger partial charge in [0.2, 0.25) is 11.8 Å². The second-order valence-electron chi connectivity index (χ2n) is 5.97. The van der Waals surface area contributed by atoms with Gasteiger partial charge in [0.1, 0.15) is 18.8 Å². The summed E-state index contributed by atoms with van der Waals surface area (Å²) in [6.45, 7) is 2.90. The monoisotopic (exact) mass is 324 g/mol. The Morgan fingerprint density at radius 1 is 1.13 bits per heavy atom. The molecular weight excluding hydrogens is 300 g/mol. The van der Waals surface area contributed by atoms with Gasteiger partial charge in [-0.2, -0.15) is 4.98 Å². The van der Waals surface area contributed by atoms with Gasteiger partial charge in [-0.3, -0.25) is 0 Å². The Labute approximate surface area is 135 Å². The Hall–Kier alpha value is -1.48. The summed E-state index contributed by atoms with van der Waals surface area (Å²) in [5.74, 6) is 1.16. The first-order chi connectivity index (χ1) is 11.2. The van der Waals surface area contributed by atoms with Gasteiger partial charge < -0.3 is 30.3 Å². The molecule has 2 aliphatic rings. The predicted molar refractivity (Wildman–Crippen MR) is 83.7 cm³/mol. The van der Waals surface area contributed by atoms with E-state index < -0.39 is 18.8 Å². The summed E-state index contributed by atoms with van der Waals surface area (Å²) in [6.07, 6.45) is 0.445. The smallest absolute Gasteiger partial charge is 0.228 e. The Morgan fingerprint density at radius 2 is 1.91 bits per heavy atom. The number of anilines is 1. The van der Waals surface area contributed by atoms with Crippen LogP contribution in [0.1, 0.15) is 17.7 Å². The van der Waals surface area contributed by atoms with E-state index in [4.69, 9.17) is 9.84 Å². The van der Waals surface area contributed by atoms with Gasteiger partial charge in [-0.1, -0.05) is 0 Å². The van der Waals surface area contributed by atoms with Gasteiger partial charge in [0.25, 0.3) is 0 Å². The Bertz CT molecular complexity index is 536. The fourth-order valence-electron chi connectivity index (χ4n) is 2.91. The first kappa shape index (κ1) is 16.4. The van der Waals surface area contributed by atoms with Crippen molar-refractivity contribution >= 4 is 5.95 Å². The van der Waals surface area contributed by atoms with E-state index in [0.29, 0.717) is 11.8 Å². The average Bonchev–Trinajstić information content (AvgIpc) is 3.08. The number of aromatic nitrogens is 2. The highest BCUT2D eigenvalue weighted by molar-refractivity contribution is 5.42. The van der Waals surface area contributed by atoms with Gasteiger partial charge in [-0.15, -0.1) is 0 Å². The number of rotatable bonds is 6. The minimum atomic E-state index is -1.21. The predicted octanol–water partition coefficient (Wildman–Crippen LogP) is -1.53. The minimum absolute atomic E-state index is 0.105. The highest BCUT2D eigenvalue weighted by Gasteiger charge is 2.24. The van der Waals surface area contributed by atoms with Crippen molar-refractivity contribution in [3.63, 3.8) is 0 Å². The fourth-order valence-corrected chi connectivity index (χ4v) is 2.91. The Kier molecular flexibility index (Phi) is 5.27. The third-order valence-corrected chi connectivity index (χ3v) is 4.31. The van der Waals surface area contributed by atoms with Gasteiger partial charge in [-0.05, 0) is 19.3 Å². The molecule has 8 nitrogen and oxygen atoms in total. The molecule has 2 heterocycles. The summed E-state index contributed by atoms with van der Waals surface area (Å²) in [5, 5.41) is 31.3. The van der Waals surface area contributed by atoms with Crippen molar-refractivity contribution < 1.29 is 20.1 Å². The molecule has 2 unspecified atom stereocenters. The third-order valence-electron chi connectivity index (χ3n) is 4.31. The number of hydrogen-bond acceptors (Lipinski definition) is 8. The fraction of sp³-hybridized carbons (Fsp3) is 0.733. The van der Waals surface area contributed by atoms with Crippen molar-refractivity contribution in [2.24, 2.45) is 0 Å². The zero-order valence-electron chi connectivity index (χ0n) is 13.1. The molecule has 0 bridgehead atoms. The van der Waals surface area contributed by atoms with Crippen LogP contribution in [-0.4, -0.2) is 76.9 Å². The van der Waals surface area contributed by atoms with E-state index in [1.54, 1.807) is 0 Å². The van der Waals surface area contributed by atoms with Crippen molar-refractivity contribution in [2.75, 3.05) is 44.3 Å². The molecule has 0 radical (unpaired) electrons. The topological polar surface area (TPSA) is 111 Å². The van der Waals surface area contributed by atoms with Crippen molar-refractivity contribution in [1.29, 1.82) is 0 Å². The van der Waals surface area contributed by atoms with Crippen LogP contribution in [0, 0.1) is 0 Å². The van der Waals surface area contributed by atoms with Gasteiger partial charge in [0.05, 0.1) is 12.3 Å².